The van der Waals surface area contributed by atoms with Crippen LogP contribution >= 0.6 is 0 Å². The number of aromatic nitrogens is 4. The van der Waals surface area contributed by atoms with Crippen LogP contribution in [0.1, 0.15) is 54.4 Å². The number of rotatable bonds is 5. The van der Waals surface area contributed by atoms with Gasteiger partial charge in [0.25, 0.3) is 11.8 Å². The zero-order valence-corrected chi connectivity index (χ0v) is 20.2. The number of nitrogens with zero attached hydrogens (tertiary/aromatic N) is 5. The lowest BCUT2D eigenvalue weighted by molar-refractivity contribution is 0.0608. The van der Waals surface area contributed by atoms with E-state index in [2.05, 4.69) is 17.1 Å². The molecule has 0 spiro atoms. The molecule has 2 aromatic heterocycles. The van der Waals surface area contributed by atoms with Gasteiger partial charge in [-0.1, -0.05) is 6.92 Å². The highest BCUT2D eigenvalue weighted by atomic mass is 19.1. The van der Waals surface area contributed by atoms with Crippen molar-refractivity contribution in [2.45, 2.75) is 52.5 Å². The van der Waals surface area contributed by atoms with Gasteiger partial charge in [0.05, 0.1) is 11.4 Å². The molecule has 7 nitrogen and oxygen atoms in total. The van der Waals surface area contributed by atoms with Gasteiger partial charge in [-0.3, -0.25) is 4.79 Å². The summed E-state index contributed by atoms with van der Waals surface area (Å²) in [6.45, 7) is 6.60. The summed E-state index contributed by atoms with van der Waals surface area (Å²) in [4.78, 5) is 15.2. The van der Waals surface area contributed by atoms with Gasteiger partial charge < -0.3 is 9.32 Å². The van der Waals surface area contributed by atoms with Crippen LogP contribution < -0.4 is 0 Å². The lowest BCUT2D eigenvalue weighted by Gasteiger charge is -2.35. The van der Waals surface area contributed by atoms with Crippen molar-refractivity contribution in [1.29, 1.82) is 0 Å². The summed E-state index contributed by atoms with van der Waals surface area (Å²) < 4.78 is 21.1. The molecular formula is C27H28FN5O2. The van der Waals surface area contributed by atoms with Crippen LogP contribution in [-0.4, -0.2) is 43.4 Å². The minimum absolute atomic E-state index is 0.0699. The van der Waals surface area contributed by atoms with Crippen molar-refractivity contribution in [3.63, 3.8) is 0 Å². The van der Waals surface area contributed by atoms with E-state index in [-0.39, 0.29) is 11.7 Å². The summed E-state index contributed by atoms with van der Waals surface area (Å²) in [7, 11) is 0. The quantitative estimate of drug-likeness (QED) is 0.369. The highest BCUT2D eigenvalue weighted by Crippen LogP contribution is 2.33. The third-order valence-corrected chi connectivity index (χ3v) is 6.69. The molecule has 1 saturated heterocycles. The molecule has 5 rings (SSSR count). The molecule has 1 aliphatic rings. The third-order valence-electron chi connectivity index (χ3n) is 6.69. The van der Waals surface area contributed by atoms with Crippen LogP contribution in [0.3, 0.4) is 0 Å². The lowest BCUT2D eigenvalue weighted by atomic mass is 9.99. The van der Waals surface area contributed by atoms with Gasteiger partial charge in [0.1, 0.15) is 5.82 Å². The molecule has 1 amide bonds. The van der Waals surface area contributed by atoms with Gasteiger partial charge in [0, 0.05) is 36.2 Å². The van der Waals surface area contributed by atoms with Gasteiger partial charge in [-0.25, -0.2) is 9.07 Å². The van der Waals surface area contributed by atoms with Gasteiger partial charge in [-0.05, 0) is 81.1 Å². The number of benzene rings is 2. The van der Waals surface area contributed by atoms with Crippen molar-refractivity contribution < 1.29 is 13.6 Å². The second-order valence-corrected chi connectivity index (χ2v) is 8.97. The van der Waals surface area contributed by atoms with E-state index in [1.807, 2.05) is 36.1 Å². The molecule has 0 unspecified atom stereocenters. The number of aryl methyl sites for hydroxylation is 1. The minimum Gasteiger partial charge on any atom is -0.420 e. The molecule has 0 saturated carbocycles. The van der Waals surface area contributed by atoms with Crippen molar-refractivity contribution in [2.75, 3.05) is 6.54 Å². The molecule has 0 aliphatic carbocycles. The van der Waals surface area contributed by atoms with Gasteiger partial charge in [-0.15, -0.1) is 10.2 Å². The summed E-state index contributed by atoms with van der Waals surface area (Å²) in [6.07, 6.45) is 4.25. The fraction of sp³-hybridized carbons (Fsp3) is 0.333. The fourth-order valence-electron chi connectivity index (χ4n) is 4.83. The Balaban J connectivity index is 1.54. The largest absolute Gasteiger partial charge is 0.420 e. The Bertz CT molecular complexity index is 1340. The van der Waals surface area contributed by atoms with Crippen LogP contribution in [-0.2, 0) is 0 Å². The Morgan fingerprint density at radius 3 is 2.46 bits per heavy atom. The van der Waals surface area contributed by atoms with Crippen LogP contribution in [0.4, 0.5) is 4.39 Å². The molecule has 180 valence electrons. The first-order chi connectivity index (χ1) is 17.0. The number of piperidine rings is 1. The normalized spacial score (nSPS) is 16.0. The first-order valence-corrected chi connectivity index (χ1v) is 12.0. The van der Waals surface area contributed by atoms with Crippen LogP contribution in [0.25, 0.3) is 28.5 Å². The van der Waals surface area contributed by atoms with Crippen molar-refractivity contribution in [2.24, 2.45) is 0 Å². The number of carbonyl (C=O) groups excluding carboxylic acids is 1. The Kier molecular flexibility index (Phi) is 6.19. The van der Waals surface area contributed by atoms with E-state index in [0.29, 0.717) is 29.1 Å². The van der Waals surface area contributed by atoms with Gasteiger partial charge in [-0.2, -0.15) is 5.10 Å². The van der Waals surface area contributed by atoms with E-state index in [4.69, 9.17) is 9.52 Å². The van der Waals surface area contributed by atoms with E-state index in [1.165, 1.54) is 18.6 Å². The molecule has 1 fully saturated rings. The summed E-state index contributed by atoms with van der Waals surface area (Å²) in [5, 5.41) is 12.8. The number of carbonyl (C=O) groups is 1. The summed E-state index contributed by atoms with van der Waals surface area (Å²) in [6, 6.07) is 14.1. The Labute approximate surface area is 203 Å². The smallest absolute Gasteiger partial charge is 0.268 e. The maximum atomic E-state index is 13.6. The molecule has 1 aliphatic heterocycles. The lowest BCUT2D eigenvalue weighted by Crippen LogP contribution is -2.43. The second-order valence-electron chi connectivity index (χ2n) is 8.97. The van der Waals surface area contributed by atoms with Crippen molar-refractivity contribution in [1.82, 2.24) is 24.9 Å². The van der Waals surface area contributed by atoms with Crippen LogP contribution in [0.2, 0.25) is 0 Å². The summed E-state index contributed by atoms with van der Waals surface area (Å²) >= 11 is 0. The van der Waals surface area contributed by atoms with Gasteiger partial charge in [0.2, 0.25) is 5.89 Å². The predicted molar refractivity (Wildman–Crippen MR) is 131 cm³/mol. The minimum atomic E-state index is -0.309. The van der Waals surface area contributed by atoms with Gasteiger partial charge >= 0.3 is 0 Å². The molecular weight excluding hydrogens is 445 g/mol. The molecule has 35 heavy (non-hydrogen) atoms. The van der Waals surface area contributed by atoms with E-state index < -0.39 is 0 Å². The first-order valence-electron chi connectivity index (χ1n) is 12.0. The molecule has 1 atom stereocenters. The number of hydrogen-bond donors (Lipinski definition) is 0. The van der Waals surface area contributed by atoms with Crippen molar-refractivity contribution >= 4 is 5.91 Å². The van der Waals surface area contributed by atoms with Crippen molar-refractivity contribution in [3.05, 3.63) is 71.4 Å². The van der Waals surface area contributed by atoms with Crippen LogP contribution in [0.5, 0.6) is 0 Å². The van der Waals surface area contributed by atoms with Crippen molar-refractivity contribution in [3.8, 4) is 28.5 Å². The number of likely N-dealkylation sites (tertiary alicyclic amines) is 1. The Morgan fingerprint density at radius 2 is 1.80 bits per heavy atom. The van der Waals surface area contributed by atoms with E-state index >= 15 is 0 Å². The highest BCUT2D eigenvalue weighted by Gasteiger charge is 2.27. The van der Waals surface area contributed by atoms with E-state index in [0.717, 1.165) is 48.3 Å². The van der Waals surface area contributed by atoms with Crippen LogP contribution in [0, 0.1) is 19.7 Å². The maximum Gasteiger partial charge on any atom is 0.268 e. The van der Waals surface area contributed by atoms with Gasteiger partial charge in [0.15, 0.2) is 5.69 Å². The molecule has 4 aromatic rings. The summed E-state index contributed by atoms with van der Waals surface area (Å²) in [5.41, 5.74) is 4.42. The van der Waals surface area contributed by atoms with E-state index in [9.17, 15) is 9.18 Å². The first kappa shape index (κ1) is 23.0. The van der Waals surface area contributed by atoms with Crippen LogP contribution in [0.15, 0.2) is 52.9 Å². The average molecular weight is 474 g/mol. The molecule has 0 radical (unpaired) electrons. The second kappa shape index (κ2) is 9.44. The molecule has 0 bridgehead atoms. The predicted octanol–water partition coefficient (Wildman–Crippen LogP) is 5.75. The zero-order valence-electron chi connectivity index (χ0n) is 20.2. The molecule has 8 heteroatoms. The Hall–Kier alpha value is -3.81. The number of amides is 1. The topological polar surface area (TPSA) is 77.1 Å². The zero-order chi connectivity index (χ0) is 24.5. The average Bonchev–Trinajstić information content (AvgIpc) is 3.47. The molecule has 0 N–H and O–H groups in total. The standard InChI is InChI=1S/C27H28FN5O2/c1-4-22-7-5-6-16-32(22)27(34)20-10-14-23(15-11-20)33-25(19-8-12-21(28)13-9-19)17(2)24(31-33)26-30-29-18(3)35-26/h8-15,22H,4-7,16H2,1-3H3/t22-/m0/s1. The SMILES string of the molecule is CC[C@H]1CCCCN1C(=O)c1ccc(-n2nc(-c3nnc(C)o3)c(C)c2-c2ccc(F)cc2)cc1. The summed E-state index contributed by atoms with van der Waals surface area (Å²) in [5.74, 6) is 0.532. The fourth-order valence-corrected chi connectivity index (χ4v) is 4.83. The third kappa shape index (κ3) is 4.36. The Morgan fingerprint density at radius 1 is 1.06 bits per heavy atom. The molecule has 2 aromatic carbocycles. The number of hydrogen-bond acceptors (Lipinski definition) is 5. The van der Waals surface area contributed by atoms with E-state index in [1.54, 1.807) is 23.7 Å². The monoisotopic (exact) mass is 473 g/mol. The highest BCUT2D eigenvalue weighted by molar-refractivity contribution is 5.94. The maximum absolute atomic E-state index is 13.6. The number of halogens is 1. The molecule has 3 heterocycles.